The molecule has 0 aliphatic carbocycles. The van der Waals surface area contributed by atoms with Crippen molar-refractivity contribution in [2.45, 2.75) is 33.4 Å². The van der Waals surface area contributed by atoms with Gasteiger partial charge in [0.2, 0.25) is 0 Å². The number of methoxy groups -OCH3 is 1. The van der Waals surface area contributed by atoms with Gasteiger partial charge in [0.05, 0.1) is 20.3 Å². The number of hydrogen-bond donors (Lipinski definition) is 2. The molecule has 0 bridgehead atoms. The summed E-state index contributed by atoms with van der Waals surface area (Å²) in [5, 5.41) is 6.76. The normalized spacial score (nSPS) is 15.9. The maximum Gasteiger partial charge on any atom is 0.191 e. The average molecular weight is 539 g/mol. The van der Waals surface area contributed by atoms with Crippen LogP contribution in [0.15, 0.2) is 41.4 Å². The lowest BCUT2D eigenvalue weighted by atomic mass is 10.1. The first-order chi connectivity index (χ1) is 14.6. The number of guanidine groups is 1. The zero-order valence-electron chi connectivity index (χ0n) is 18.9. The van der Waals surface area contributed by atoms with E-state index < -0.39 is 0 Å². The fraction of sp³-hybridized carbons (Fsp3) is 0.458. The van der Waals surface area contributed by atoms with Crippen LogP contribution in [0.4, 0.5) is 0 Å². The maximum absolute atomic E-state index is 6.14. The maximum atomic E-state index is 6.14. The monoisotopic (exact) mass is 539 g/mol. The van der Waals surface area contributed by atoms with E-state index in [1.165, 1.54) is 11.1 Å². The molecular formula is C24H34IN3O3. The number of hydrogen-bond acceptors (Lipinski definition) is 4. The molecule has 2 N–H and O–H groups in total. The van der Waals surface area contributed by atoms with Crippen molar-refractivity contribution in [2.24, 2.45) is 10.9 Å². The van der Waals surface area contributed by atoms with E-state index in [9.17, 15) is 0 Å². The van der Waals surface area contributed by atoms with Gasteiger partial charge < -0.3 is 24.8 Å². The quantitative estimate of drug-likeness (QED) is 0.299. The smallest absolute Gasteiger partial charge is 0.191 e. The fourth-order valence-electron chi connectivity index (χ4n) is 3.49. The van der Waals surface area contributed by atoms with Crippen LogP contribution in [0.5, 0.6) is 11.5 Å². The molecule has 31 heavy (non-hydrogen) atoms. The third-order valence-electron chi connectivity index (χ3n) is 5.20. The van der Waals surface area contributed by atoms with Gasteiger partial charge in [0.25, 0.3) is 0 Å². The number of aliphatic imine (C=N–C) groups is 1. The molecule has 2 aromatic rings. The van der Waals surface area contributed by atoms with Crippen LogP contribution in [0.1, 0.15) is 28.7 Å². The van der Waals surface area contributed by atoms with Gasteiger partial charge in [-0.1, -0.05) is 18.2 Å². The highest BCUT2D eigenvalue weighted by molar-refractivity contribution is 14.0. The van der Waals surface area contributed by atoms with E-state index in [0.29, 0.717) is 25.6 Å². The summed E-state index contributed by atoms with van der Waals surface area (Å²) in [6.45, 7) is 7.77. The van der Waals surface area contributed by atoms with Crippen LogP contribution in [0.3, 0.4) is 0 Å². The largest absolute Gasteiger partial charge is 0.497 e. The summed E-state index contributed by atoms with van der Waals surface area (Å²) in [7, 11) is 3.46. The molecule has 0 spiro atoms. The van der Waals surface area contributed by atoms with Crippen molar-refractivity contribution >= 4 is 29.9 Å². The van der Waals surface area contributed by atoms with Crippen LogP contribution in [0.25, 0.3) is 0 Å². The topological polar surface area (TPSA) is 64.1 Å². The molecule has 0 aromatic heterocycles. The molecule has 0 saturated carbocycles. The Bertz CT molecular complexity index is 867. The predicted octanol–water partition coefficient (Wildman–Crippen LogP) is 4.21. The minimum absolute atomic E-state index is 0. The second-order valence-electron chi connectivity index (χ2n) is 7.79. The van der Waals surface area contributed by atoms with Crippen LogP contribution in [-0.2, 0) is 17.8 Å². The van der Waals surface area contributed by atoms with Gasteiger partial charge in [-0.2, -0.15) is 0 Å². The number of nitrogens with zero attached hydrogens (tertiary/aromatic N) is 1. The van der Waals surface area contributed by atoms with Gasteiger partial charge in [-0.3, -0.25) is 4.99 Å². The molecule has 0 radical (unpaired) electrons. The van der Waals surface area contributed by atoms with Crippen molar-refractivity contribution in [3.8, 4) is 11.5 Å². The molecule has 2 aromatic carbocycles. The van der Waals surface area contributed by atoms with Crippen LogP contribution < -0.4 is 20.1 Å². The van der Waals surface area contributed by atoms with Crippen molar-refractivity contribution < 1.29 is 14.2 Å². The van der Waals surface area contributed by atoms with Crippen molar-refractivity contribution in [3.05, 3.63) is 58.7 Å². The number of benzene rings is 2. The lowest BCUT2D eigenvalue weighted by molar-refractivity contribution is 0.166. The first kappa shape index (κ1) is 25.3. The van der Waals surface area contributed by atoms with E-state index >= 15 is 0 Å². The number of ether oxygens (including phenoxy) is 3. The number of rotatable bonds is 8. The molecule has 1 saturated heterocycles. The molecule has 1 aliphatic rings. The highest BCUT2D eigenvalue weighted by Crippen LogP contribution is 2.23. The van der Waals surface area contributed by atoms with Gasteiger partial charge >= 0.3 is 0 Å². The van der Waals surface area contributed by atoms with Crippen molar-refractivity contribution in [3.63, 3.8) is 0 Å². The number of halogens is 1. The standard InChI is InChI=1S/C24H33N3O3.HI/c1-17-5-6-21(23(11-17)30-16-19-7-8-29-15-19)14-27-24(25-3)26-13-20-9-18(2)10-22(12-20)28-4;/h5-6,9-12,19H,7-8,13-16H2,1-4H3,(H2,25,26,27);1H. The van der Waals surface area contributed by atoms with E-state index in [0.717, 1.165) is 48.2 Å². The molecule has 170 valence electrons. The molecule has 1 atom stereocenters. The first-order valence-corrected chi connectivity index (χ1v) is 10.5. The van der Waals surface area contributed by atoms with Crippen LogP contribution >= 0.6 is 24.0 Å². The van der Waals surface area contributed by atoms with Gasteiger partial charge in [0.15, 0.2) is 5.96 Å². The Labute approximate surface area is 202 Å². The van der Waals surface area contributed by atoms with Gasteiger partial charge in [-0.25, -0.2) is 0 Å². The molecule has 1 unspecified atom stereocenters. The molecule has 1 heterocycles. The summed E-state index contributed by atoms with van der Waals surface area (Å²) >= 11 is 0. The zero-order chi connectivity index (χ0) is 21.3. The highest BCUT2D eigenvalue weighted by atomic mass is 127. The summed E-state index contributed by atoms with van der Waals surface area (Å²) in [4.78, 5) is 4.35. The number of nitrogens with one attached hydrogen (secondary N) is 2. The Balaban J connectivity index is 0.00000341. The third kappa shape index (κ3) is 7.88. The van der Waals surface area contributed by atoms with Crippen molar-refractivity contribution in [1.82, 2.24) is 10.6 Å². The zero-order valence-corrected chi connectivity index (χ0v) is 21.2. The third-order valence-corrected chi connectivity index (χ3v) is 5.20. The molecule has 1 fully saturated rings. The van der Waals surface area contributed by atoms with Gasteiger partial charge in [-0.05, 0) is 55.2 Å². The second-order valence-corrected chi connectivity index (χ2v) is 7.79. The Kier molecular flexibility index (Phi) is 10.4. The Morgan fingerprint density at radius 1 is 1.10 bits per heavy atom. The lowest BCUT2D eigenvalue weighted by Gasteiger charge is -2.17. The Morgan fingerprint density at radius 3 is 2.61 bits per heavy atom. The molecule has 3 rings (SSSR count). The molecule has 6 nitrogen and oxygen atoms in total. The van der Waals surface area contributed by atoms with E-state index in [2.05, 4.69) is 53.7 Å². The van der Waals surface area contributed by atoms with E-state index in [4.69, 9.17) is 14.2 Å². The van der Waals surface area contributed by atoms with E-state index in [-0.39, 0.29) is 24.0 Å². The summed E-state index contributed by atoms with van der Waals surface area (Å²) in [6, 6.07) is 12.5. The summed E-state index contributed by atoms with van der Waals surface area (Å²) < 4.78 is 17.0. The van der Waals surface area contributed by atoms with Crippen LogP contribution in [0, 0.1) is 19.8 Å². The lowest BCUT2D eigenvalue weighted by Crippen LogP contribution is -2.36. The molecule has 7 heteroatoms. The average Bonchev–Trinajstić information content (AvgIpc) is 3.26. The van der Waals surface area contributed by atoms with Crippen LogP contribution in [0.2, 0.25) is 0 Å². The molecular weight excluding hydrogens is 505 g/mol. The predicted molar refractivity (Wildman–Crippen MR) is 136 cm³/mol. The molecule has 1 aliphatic heterocycles. The fourth-order valence-corrected chi connectivity index (χ4v) is 3.49. The summed E-state index contributed by atoms with van der Waals surface area (Å²) in [6.07, 6.45) is 1.07. The van der Waals surface area contributed by atoms with Crippen molar-refractivity contribution in [1.29, 1.82) is 0 Å². The van der Waals surface area contributed by atoms with Gasteiger partial charge in [0, 0.05) is 38.2 Å². The number of aryl methyl sites for hydroxylation is 2. The van der Waals surface area contributed by atoms with Gasteiger partial charge in [0.1, 0.15) is 11.5 Å². The second kappa shape index (κ2) is 12.8. The SMILES string of the molecule is CN=C(NCc1cc(C)cc(OC)c1)NCc1ccc(C)cc1OCC1CCOC1.I. The summed E-state index contributed by atoms with van der Waals surface area (Å²) in [5.41, 5.74) is 4.61. The Hall–Kier alpha value is -2.00. The van der Waals surface area contributed by atoms with E-state index in [1.54, 1.807) is 14.2 Å². The first-order valence-electron chi connectivity index (χ1n) is 10.5. The summed E-state index contributed by atoms with van der Waals surface area (Å²) in [5.74, 6) is 3.01. The minimum Gasteiger partial charge on any atom is -0.497 e. The Morgan fingerprint density at radius 2 is 1.90 bits per heavy atom. The minimum atomic E-state index is 0. The van der Waals surface area contributed by atoms with Crippen LogP contribution in [-0.4, -0.2) is 39.9 Å². The van der Waals surface area contributed by atoms with E-state index in [1.807, 2.05) is 12.1 Å². The molecule has 0 amide bonds. The highest BCUT2D eigenvalue weighted by Gasteiger charge is 2.17. The van der Waals surface area contributed by atoms with Gasteiger partial charge in [-0.15, -0.1) is 24.0 Å². The van der Waals surface area contributed by atoms with Crippen molar-refractivity contribution in [2.75, 3.05) is 34.0 Å².